The smallest absolute Gasteiger partial charge is 0.165 e. The largest absolute Gasteiger partial charge is 0.394 e. The van der Waals surface area contributed by atoms with Crippen molar-refractivity contribution in [3.63, 3.8) is 0 Å². The van der Waals surface area contributed by atoms with Gasteiger partial charge in [0.2, 0.25) is 0 Å². The second-order valence-electron chi connectivity index (χ2n) is 3.95. The van der Waals surface area contributed by atoms with Crippen molar-refractivity contribution in [1.29, 1.82) is 0 Å². The van der Waals surface area contributed by atoms with E-state index in [1.165, 1.54) is 6.33 Å². The second kappa shape index (κ2) is 4.01. The molecule has 17 heavy (non-hydrogen) atoms. The summed E-state index contributed by atoms with van der Waals surface area (Å²) in [6.07, 6.45) is 2.35. The predicted octanol–water partition coefficient (Wildman–Crippen LogP) is 0.444. The number of imidazole rings is 1. The molecule has 0 aromatic carbocycles. The number of aliphatic hydroxyl groups is 1. The average Bonchev–Trinajstić information content (AvgIpc) is 2.92. The minimum absolute atomic E-state index is 0.195. The quantitative estimate of drug-likeness (QED) is 0.822. The molecular formula is C10H11FN4O2. The van der Waals surface area contributed by atoms with Crippen molar-refractivity contribution in [2.24, 2.45) is 0 Å². The molecule has 3 rings (SSSR count). The van der Waals surface area contributed by atoms with Gasteiger partial charge >= 0.3 is 0 Å². The van der Waals surface area contributed by atoms with Gasteiger partial charge in [-0.2, -0.15) is 0 Å². The molecule has 6 nitrogen and oxygen atoms in total. The van der Waals surface area contributed by atoms with Crippen molar-refractivity contribution in [3.05, 3.63) is 18.9 Å². The first-order valence-electron chi connectivity index (χ1n) is 5.32. The van der Waals surface area contributed by atoms with E-state index in [1.807, 2.05) is 0 Å². The van der Waals surface area contributed by atoms with E-state index in [0.29, 0.717) is 11.2 Å². The third kappa shape index (κ3) is 1.67. The van der Waals surface area contributed by atoms with Crippen molar-refractivity contribution >= 4 is 11.2 Å². The van der Waals surface area contributed by atoms with Gasteiger partial charge in [0.25, 0.3) is 0 Å². The number of ether oxygens (including phenoxy) is 1. The third-order valence-corrected chi connectivity index (χ3v) is 2.89. The molecule has 3 atom stereocenters. The Morgan fingerprint density at radius 1 is 1.53 bits per heavy atom. The number of halogens is 1. The average molecular weight is 238 g/mol. The number of rotatable bonds is 2. The van der Waals surface area contributed by atoms with Crippen molar-refractivity contribution < 1.29 is 14.2 Å². The molecule has 1 fully saturated rings. The van der Waals surface area contributed by atoms with E-state index < -0.39 is 18.5 Å². The summed E-state index contributed by atoms with van der Waals surface area (Å²) in [6, 6.07) is 0. The van der Waals surface area contributed by atoms with Crippen LogP contribution in [0.3, 0.4) is 0 Å². The maximum absolute atomic E-state index is 13.5. The van der Waals surface area contributed by atoms with Crippen LogP contribution in [0.25, 0.3) is 11.2 Å². The monoisotopic (exact) mass is 238 g/mol. The van der Waals surface area contributed by atoms with Crippen molar-refractivity contribution in [3.8, 4) is 0 Å². The molecule has 0 aliphatic carbocycles. The van der Waals surface area contributed by atoms with E-state index in [1.54, 1.807) is 17.1 Å². The number of hydrogen-bond acceptors (Lipinski definition) is 5. The van der Waals surface area contributed by atoms with Gasteiger partial charge in [-0.1, -0.05) is 0 Å². The van der Waals surface area contributed by atoms with Crippen molar-refractivity contribution in [1.82, 2.24) is 19.5 Å². The zero-order valence-electron chi connectivity index (χ0n) is 8.90. The summed E-state index contributed by atoms with van der Waals surface area (Å²) in [4.78, 5) is 12.1. The van der Waals surface area contributed by atoms with Crippen LogP contribution in [0.4, 0.5) is 4.39 Å². The topological polar surface area (TPSA) is 73.1 Å². The second-order valence-corrected chi connectivity index (χ2v) is 3.95. The number of fused-ring (bicyclic) bond motifs is 1. The Balaban J connectivity index is 1.95. The fourth-order valence-electron chi connectivity index (χ4n) is 2.02. The molecule has 2 aromatic heterocycles. The first-order chi connectivity index (χ1) is 8.29. The maximum atomic E-state index is 13.5. The van der Waals surface area contributed by atoms with Crippen LogP contribution in [-0.4, -0.2) is 43.5 Å². The fraction of sp³-hybridized carbons (Fsp3) is 0.500. The fourth-order valence-corrected chi connectivity index (χ4v) is 2.02. The molecule has 0 unspecified atom stereocenters. The zero-order chi connectivity index (χ0) is 11.8. The molecule has 3 heterocycles. The Morgan fingerprint density at radius 2 is 2.41 bits per heavy atom. The standard InChI is InChI=1S/C10H11FN4O2/c11-6-1-9(17-8(6)3-16)15-5-14-7-2-12-4-13-10(7)15/h2,4-6,8-9,16H,1,3H2/t6-,8+,9+/m0/s1. The first-order valence-corrected chi connectivity index (χ1v) is 5.32. The van der Waals surface area contributed by atoms with Crippen LogP contribution in [0.15, 0.2) is 18.9 Å². The number of nitrogens with zero attached hydrogens (tertiary/aromatic N) is 4. The van der Waals surface area contributed by atoms with Gasteiger partial charge in [-0.3, -0.25) is 4.57 Å². The SMILES string of the molecule is OC[C@H]1O[C@@H](n2cnc3cncnc32)C[C@@H]1F. The van der Waals surface area contributed by atoms with E-state index in [4.69, 9.17) is 9.84 Å². The summed E-state index contributed by atoms with van der Waals surface area (Å²) >= 11 is 0. The molecule has 2 aromatic rings. The Bertz CT molecular complexity index is 532. The van der Waals surface area contributed by atoms with Gasteiger partial charge in [-0.25, -0.2) is 19.3 Å². The Hall–Kier alpha value is -1.60. The summed E-state index contributed by atoms with van der Waals surface area (Å²) in [5.41, 5.74) is 1.25. The lowest BCUT2D eigenvalue weighted by molar-refractivity contribution is -0.0323. The molecule has 90 valence electrons. The van der Waals surface area contributed by atoms with E-state index in [0.717, 1.165) is 0 Å². The predicted molar refractivity (Wildman–Crippen MR) is 55.8 cm³/mol. The highest BCUT2D eigenvalue weighted by molar-refractivity contribution is 5.68. The van der Waals surface area contributed by atoms with E-state index in [2.05, 4.69) is 15.0 Å². The van der Waals surface area contributed by atoms with Crippen molar-refractivity contribution in [2.45, 2.75) is 24.9 Å². The van der Waals surface area contributed by atoms with Gasteiger partial charge in [0.05, 0.1) is 19.1 Å². The van der Waals surface area contributed by atoms with Crippen LogP contribution in [0, 0.1) is 0 Å². The van der Waals surface area contributed by atoms with E-state index in [-0.39, 0.29) is 13.0 Å². The molecule has 1 saturated heterocycles. The van der Waals surface area contributed by atoms with Crippen LogP contribution < -0.4 is 0 Å². The molecule has 0 bridgehead atoms. The highest BCUT2D eigenvalue weighted by atomic mass is 19.1. The number of aliphatic hydroxyl groups excluding tert-OH is 1. The van der Waals surface area contributed by atoms with Gasteiger partial charge in [0, 0.05) is 6.42 Å². The summed E-state index contributed by atoms with van der Waals surface area (Å²) in [7, 11) is 0. The van der Waals surface area contributed by atoms with Gasteiger partial charge in [0.1, 0.15) is 30.3 Å². The lowest BCUT2D eigenvalue weighted by atomic mass is 10.2. The van der Waals surface area contributed by atoms with Gasteiger partial charge in [-0.05, 0) is 0 Å². The van der Waals surface area contributed by atoms with Crippen LogP contribution in [0.2, 0.25) is 0 Å². The van der Waals surface area contributed by atoms with Gasteiger partial charge in [0.15, 0.2) is 5.65 Å². The van der Waals surface area contributed by atoms with Gasteiger partial charge < -0.3 is 9.84 Å². The van der Waals surface area contributed by atoms with Crippen LogP contribution >= 0.6 is 0 Å². The normalized spacial score (nSPS) is 28.9. The molecule has 1 N–H and O–H groups in total. The van der Waals surface area contributed by atoms with Crippen LogP contribution in [0.1, 0.15) is 12.6 Å². The summed E-state index contributed by atoms with van der Waals surface area (Å²) in [6.45, 7) is -0.320. The summed E-state index contributed by atoms with van der Waals surface area (Å²) < 4.78 is 20.6. The van der Waals surface area contributed by atoms with Crippen LogP contribution in [0.5, 0.6) is 0 Å². The molecule has 0 spiro atoms. The maximum Gasteiger partial charge on any atom is 0.165 e. The molecule has 1 aliphatic heterocycles. The highest BCUT2D eigenvalue weighted by Gasteiger charge is 2.36. The molecule has 0 amide bonds. The zero-order valence-corrected chi connectivity index (χ0v) is 8.90. The molecule has 7 heteroatoms. The van der Waals surface area contributed by atoms with Gasteiger partial charge in [-0.15, -0.1) is 0 Å². The van der Waals surface area contributed by atoms with Crippen molar-refractivity contribution in [2.75, 3.05) is 6.61 Å². The molecule has 1 aliphatic rings. The molecule has 0 radical (unpaired) electrons. The number of hydrogen-bond donors (Lipinski definition) is 1. The summed E-state index contributed by atoms with van der Waals surface area (Å²) in [5.74, 6) is 0. The Morgan fingerprint density at radius 3 is 3.18 bits per heavy atom. The third-order valence-electron chi connectivity index (χ3n) is 2.89. The Labute approximate surface area is 96.1 Å². The Kier molecular flexibility index (Phi) is 2.49. The number of aromatic nitrogens is 4. The number of alkyl halides is 1. The van der Waals surface area contributed by atoms with E-state index in [9.17, 15) is 4.39 Å². The minimum Gasteiger partial charge on any atom is -0.394 e. The molecule has 0 saturated carbocycles. The molecular weight excluding hydrogens is 227 g/mol. The minimum atomic E-state index is -1.16. The van der Waals surface area contributed by atoms with Crippen LogP contribution in [-0.2, 0) is 4.74 Å². The first kappa shape index (κ1) is 10.5. The lowest BCUT2D eigenvalue weighted by Crippen LogP contribution is -2.21. The summed E-state index contributed by atoms with van der Waals surface area (Å²) in [5, 5.41) is 8.95. The highest BCUT2D eigenvalue weighted by Crippen LogP contribution is 2.32. The lowest BCUT2D eigenvalue weighted by Gasteiger charge is -2.13. The van der Waals surface area contributed by atoms with E-state index >= 15 is 0 Å².